The minimum absolute atomic E-state index is 0.00151. The maximum Gasteiger partial charge on any atom is 0.324 e. The molecule has 0 saturated heterocycles. The minimum atomic E-state index is -3.95. The molecule has 0 fully saturated rings. The van der Waals surface area contributed by atoms with E-state index in [-0.39, 0.29) is 17.2 Å². The summed E-state index contributed by atoms with van der Waals surface area (Å²) in [6, 6.07) is 4.70. The van der Waals surface area contributed by atoms with E-state index in [4.69, 9.17) is 9.47 Å². The highest BCUT2D eigenvalue weighted by Crippen LogP contribution is 2.17. The molecule has 0 heterocycles. The van der Waals surface area contributed by atoms with Crippen LogP contribution >= 0.6 is 0 Å². The van der Waals surface area contributed by atoms with Crippen molar-refractivity contribution in [3.8, 4) is 5.75 Å². The lowest BCUT2D eigenvalue weighted by molar-refractivity contribution is -0.156. The van der Waals surface area contributed by atoms with Gasteiger partial charge in [-0.3, -0.25) is 9.59 Å². The first-order valence-electron chi connectivity index (χ1n) is 8.75. The highest BCUT2D eigenvalue weighted by molar-refractivity contribution is 7.89. The third kappa shape index (κ3) is 7.18. The summed E-state index contributed by atoms with van der Waals surface area (Å²) in [6.07, 6.45) is -0.784. The van der Waals surface area contributed by atoms with Gasteiger partial charge in [0.25, 0.3) is 5.91 Å². The molecule has 1 aromatic rings. The number of likely N-dealkylation sites (N-methyl/N-ethyl adjacent to an activating group) is 1. The van der Waals surface area contributed by atoms with Crippen molar-refractivity contribution in [2.24, 2.45) is 5.92 Å². The Labute approximate surface area is 160 Å². The Morgan fingerprint density at radius 1 is 1.11 bits per heavy atom. The fourth-order valence-electron chi connectivity index (χ4n) is 2.30. The fourth-order valence-corrected chi connectivity index (χ4v) is 3.50. The first-order chi connectivity index (χ1) is 12.6. The second-order valence-corrected chi connectivity index (χ2v) is 8.17. The van der Waals surface area contributed by atoms with Crippen molar-refractivity contribution in [2.75, 3.05) is 13.7 Å². The van der Waals surface area contributed by atoms with E-state index in [1.165, 1.54) is 38.3 Å². The predicted molar refractivity (Wildman–Crippen MR) is 101 cm³/mol. The van der Waals surface area contributed by atoms with E-state index in [2.05, 4.69) is 10.0 Å². The summed E-state index contributed by atoms with van der Waals surface area (Å²) in [4.78, 5) is 24.2. The van der Waals surface area contributed by atoms with Crippen molar-refractivity contribution in [3.63, 3.8) is 0 Å². The molecular weight excluding hydrogens is 372 g/mol. The molecule has 152 valence electrons. The van der Waals surface area contributed by atoms with Gasteiger partial charge in [0.15, 0.2) is 6.10 Å². The van der Waals surface area contributed by atoms with E-state index in [9.17, 15) is 18.0 Å². The second-order valence-electron chi connectivity index (χ2n) is 6.45. The van der Waals surface area contributed by atoms with Crippen molar-refractivity contribution in [1.82, 2.24) is 10.0 Å². The molecule has 0 aromatic heterocycles. The number of amides is 1. The zero-order valence-electron chi connectivity index (χ0n) is 16.3. The number of esters is 1. The number of rotatable bonds is 10. The van der Waals surface area contributed by atoms with Gasteiger partial charge < -0.3 is 14.8 Å². The Bertz CT molecular complexity index is 731. The lowest BCUT2D eigenvalue weighted by Crippen LogP contribution is -2.45. The number of sulfonamides is 1. The molecule has 0 aliphatic heterocycles. The standard InChI is InChI=1S/C18H28N2O6S/c1-6-19-17(21)13(4)26-18(22)16(11-12(2)3)20-27(23,24)15-9-7-14(25-5)8-10-15/h7-10,12-13,16,20H,6,11H2,1-5H3,(H,19,21)/t13-,16-/m0/s1. The van der Waals surface area contributed by atoms with Gasteiger partial charge in [0.1, 0.15) is 11.8 Å². The van der Waals surface area contributed by atoms with Crippen LogP contribution in [0.5, 0.6) is 5.75 Å². The number of nitrogens with one attached hydrogen (secondary N) is 2. The number of hydrogen-bond acceptors (Lipinski definition) is 6. The monoisotopic (exact) mass is 400 g/mol. The topological polar surface area (TPSA) is 111 Å². The van der Waals surface area contributed by atoms with Gasteiger partial charge in [-0.15, -0.1) is 0 Å². The van der Waals surface area contributed by atoms with E-state index in [0.717, 1.165) is 0 Å². The van der Waals surface area contributed by atoms with Gasteiger partial charge in [-0.05, 0) is 50.5 Å². The Hall–Kier alpha value is -2.13. The smallest absolute Gasteiger partial charge is 0.324 e. The van der Waals surface area contributed by atoms with Crippen LogP contribution < -0.4 is 14.8 Å². The van der Waals surface area contributed by atoms with Crippen LogP contribution in [0.15, 0.2) is 29.2 Å². The van der Waals surface area contributed by atoms with Crippen LogP contribution in [0.1, 0.15) is 34.1 Å². The first-order valence-corrected chi connectivity index (χ1v) is 10.2. The molecule has 1 amide bonds. The van der Waals surface area contributed by atoms with Crippen molar-refractivity contribution in [1.29, 1.82) is 0 Å². The summed E-state index contributed by atoms with van der Waals surface area (Å²) in [5.41, 5.74) is 0. The van der Waals surface area contributed by atoms with Gasteiger partial charge in [-0.25, -0.2) is 8.42 Å². The Morgan fingerprint density at radius 3 is 2.19 bits per heavy atom. The lowest BCUT2D eigenvalue weighted by atomic mass is 10.0. The summed E-state index contributed by atoms with van der Waals surface area (Å²) in [7, 11) is -2.47. The van der Waals surface area contributed by atoms with Gasteiger partial charge in [0.2, 0.25) is 10.0 Å². The summed E-state index contributed by atoms with van der Waals surface area (Å²) in [6.45, 7) is 7.30. The molecule has 0 bridgehead atoms. The first kappa shape index (κ1) is 22.9. The van der Waals surface area contributed by atoms with Crippen molar-refractivity contribution < 1.29 is 27.5 Å². The maximum absolute atomic E-state index is 12.6. The number of hydrogen-bond donors (Lipinski definition) is 2. The average Bonchev–Trinajstić information content (AvgIpc) is 2.60. The molecule has 1 aromatic carbocycles. The van der Waals surface area contributed by atoms with E-state index in [1.807, 2.05) is 13.8 Å². The van der Waals surface area contributed by atoms with Crippen molar-refractivity contribution >= 4 is 21.9 Å². The van der Waals surface area contributed by atoms with Crippen molar-refractivity contribution in [2.45, 2.75) is 51.2 Å². The Kier molecular flexibility index (Phi) is 8.71. The highest BCUT2D eigenvalue weighted by atomic mass is 32.2. The molecule has 0 unspecified atom stereocenters. The third-order valence-electron chi connectivity index (χ3n) is 3.67. The molecule has 2 N–H and O–H groups in total. The molecule has 0 radical (unpaired) electrons. The van der Waals surface area contributed by atoms with Gasteiger partial charge >= 0.3 is 5.97 Å². The summed E-state index contributed by atoms with van der Waals surface area (Å²) in [5.74, 6) is -0.685. The molecule has 0 saturated carbocycles. The minimum Gasteiger partial charge on any atom is -0.497 e. The van der Waals surface area contributed by atoms with E-state index in [1.54, 1.807) is 6.92 Å². The lowest BCUT2D eigenvalue weighted by Gasteiger charge is -2.21. The van der Waals surface area contributed by atoms with E-state index < -0.39 is 34.0 Å². The molecule has 0 aliphatic carbocycles. The second kappa shape index (κ2) is 10.3. The highest BCUT2D eigenvalue weighted by Gasteiger charge is 2.30. The average molecular weight is 400 g/mol. The van der Waals surface area contributed by atoms with Gasteiger partial charge in [0.05, 0.1) is 12.0 Å². The van der Waals surface area contributed by atoms with Gasteiger partial charge in [0, 0.05) is 6.54 Å². The Balaban J connectivity index is 2.94. The molecule has 9 heteroatoms. The number of ether oxygens (including phenoxy) is 2. The van der Waals surface area contributed by atoms with Crippen LogP contribution in [0, 0.1) is 5.92 Å². The molecule has 8 nitrogen and oxygen atoms in total. The van der Waals surface area contributed by atoms with Crippen LogP contribution in [0.25, 0.3) is 0 Å². The number of carbonyl (C=O) groups is 2. The number of methoxy groups -OCH3 is 1. The molecule has 1 rings (SSSR count). The number of benzene rings is 1. The zero-order chi connectivity index (χ0) is 20.6. The van der Waals surface area contributed by atoms with Crippen LogP contribution in [0.2, 0.25) is 0 Å². The summed E-state index contributed by atoms with van der Waals surface area (Å²) < 4.78 is 37.8. The van der Waals surface area contributed by atoms with Gasteiger partial charge in [-0.1, -0.05) is 13.8 Å². The van der Waals surface area contributed by atoms with Gasteiger partial charge in [-0.2, -0.15) is 4.72 Å². The summed E-state index contributed by atoms with van der Waals surface area (Å²) in [5, 5.41) is 2.55. The molecule has 0 aliphatic rings. The quantitative estimate of drug-likeness (QED) is 0.575. The third-order valence-corrected chi connectivity index (χ3v) is 5.16. The van der Waals surface area contributed by atoms with E-state index >= 15 is 0 Å². The molecule has 27 heavy (non-hydrogen) atoms. The van der Waals surface area contributed by atoms with E-state index in [0.29, 0.717) is 12.3 Å². The van der Waals surface area contributed by atoms with Crippen LogP contribution in [-0.4, -0.2) is 46.1 Å². The van der Waals surface area contributed by atoms with Crippen LogP contribution in [-0.2, 0) is 24.3 Å². The SMILES string of the molecule is CCNC(=O)[C@H](C)OC(=O)[C@H](CC(C)C)NS(=O)(=O)c1ccc(OC)cc1. The zero-order valence-corrected chi connectivity index (χ0v) is 17.1. The predicted octanol–water partition coefficient (Wildman–Crippen LogP) is 1.46. The van der Waals surface area contributed by atoms with Crippen molar-refractivity contribution in [3.05, 3.63) is 24.3 Å². The maximum atomic E-state index is 12.6. The number of carbonyl (C=O) groups excluding carboxylic acids is 2. The van der Waals surface area contributed by atoms with Crippen LogP contribution in [0.3, 0.4) is 0 Å². The van der Waals surface area contributed by atoms with Crippen LogP contribution in [0.4, 0.5) is 0 Å². The summed E-state index contributed by atoms with van der Waals surface area (Å²) >= 11 is 0. The largest absolute Gasteiger partial charge is 0.497 e. The molecule has 0 spiro atoms. The Morgan fingerprint density at radius 2 is 1.70 bits per heavy atom. The molecule has 2 atom stereocenters. The fraction of sp³-hybridized carbons (Fsp3) is 0.556. The normalized spacial score (nSPS) is 13.7. The molecular formula is C18H28N2O6S.